The van der Waals surface area contributed by atoms with Crippen molar-refractivity contribution in [2.45, 2.75) is 6.61 Å². The second-order valence-corrected chi connectivity index (χ2v) is 4.21. The summed E-state index contributed by atoms with van der Waals surface area (Å²) in [6.07, 6.45) is 0. The van der Waals surface area contributed by atoms with Crippen molar-refractivity contribution in [3.8, 4) is 17.2 Å². The molecular formula is C14H10F2N2O2. The molecule has 0 saturated heterocycles. The van der Waals surface area contributed by atoms with Crippen LogP contribution in [0.25, 0.3) is 11.1 Å². The molecule has 0 amide bonds. The molecule has 0 bridgehead atoms. The summed E-state index contributed by atoms with van der Waals surface area (Å²) in [5.74, 6) is -1.56. The third kappa shape index (κ3) is 2.31. The van der Waals surface area contributed by atoms with Crippen LogP contribution in [0.15, 0.2) is 29.1 Å². The van der Waals surface area contributed by atoms with Crippen LogP contribution in [0.4, 0.5) is 8.78 Å². The predicted molar refractivity (Wildman–Crippen MR) is 67.7 cm³/mol. The highest BCUT2D eigenvalue weighted by molar-refractivity contribution is 5.67. The summed E-state index contributed by atoms with van der Waals surface area (Å²) in [5.41, 5.74) is -0.163. The van der Waals surface area contributed by atoms with E-state index in [4.69, 9.17) is 5.26 Å². The molecule has 0 aliphatic rings. The van der Waals surface area contributed by atoms with Crippen molar-refractivity contribution in [1.29, 1.82) is 5.26 Å². The number of pyridine rings is 1. The standard InChI is InChI=1S/C14H10F2N2O2/c1-18-13(7-19)12(4-9(6-17)14(18)20)8-2-10(15)5-11(16)3-8/h2-5,19H,7H2,1H3. The van der Waals surface area contributed by atoms with Crippen LogP contribution in [0.2, 0.25) is 0 Å². The van der Waals surface area contributed by atoms with Crippen molar-refractivity contribution in [3.05, 3.63) is 57.5 Å². The molecule has 0 saturated carbocycles. The molecule has 1 N–H and O–H groups in total. The molecule has 0 aliphatic heterocycles. The van der Waals surface area contributed by atoms with E-state index in [-0.39, 0.29) is 22.4 Å². The highest BCUT2D eigenvalue weighted by atomic mass is 19.1. The quantitative estimate of drug-likeness (QED) is 0.907. The van der Waals surface area contributed by atoms with Crippen LogP contribution in [-0.2, 0) is 13.7 Å². The van der Waals surface area contributed by atoms with Crippen LogP contribution in [0, 0.1) is 23.0 Å². The molecule has 102 valence electrons. The summed E-state index contributed by atoms with van der Waals surface area (Å²) in [7, 11) is 1.38. The Morgan fingerprint density at radius 3 is 2.35 bits per heavy atom. The Labute approximate surface area is 113 Å². The molecule has 0 radical (unpaired) electrons. The molecule has 0 aliphatic carbocycles. The smallest absolute Gasteiger partial charge is 0.268 e. The maximum absolute atomic E-state index is 13.3. The summed E-state index contributed by atoms with van der Waals surface area (Å²) < 4.78 is 27.6. The monoisotopic (exact) mass is 276 g/mol. The number of nitrogens with zero attached hydrogens (tertiary/aromatic N) is 2. The molecule has 20 heavy (non-hydrogen) atoms. The lowest BCUT2D eigenvalue weighted by atomic mass is 10.0. The van der Waals surface area contributed by atoms with E-state index in [1.54, 1.807) is 6.07 Å². The summed E-state index contributed by atoms with van der Waals surface area (Å²) in [5, 5.41) is 18.3. The predicted octanol–water partition coefficient (Wildman–Crippen LogP) is 1.69. The lowest BCUT2D eigenvalue weighted by Crippen LogP contribution is -2.23. The van der Waals surface area contributed by atoms with E-state index in [0.717, 1.165) is 22.8 Å². The number of halogens is 2. The van der Waals surface area contributed by atoms with Gasteiger partial charge in [-0.3, -0.25) is 4.79 Å². The fourth-order valence-corrected chi connectivity index (χ4v) is 2.00. The van der Waals surface area contributed by atoms with Gasteiger partial charge in [0.1, 0.15) is 23.3 Å². The van der Waals surface area contributed by atoms with Gasteiger partial charge in [0, 0.05) is 18.7 Å². The summed E-state index contributed by atoms with van der Waals surface area (Å²) in [6, 6.07) is 5.81. The van der Waals surface area contributed by atoms with Crippen molar-refractivity contribution < 1.29 is 13.9 Å². The Balaban J connectivity index is 2.83. The number of nitriles is 1. The molecule has 1 aromatic heterocycles. The fourth-order valence-electron chi connectivity index (χ4n) is 2.00. The Morgan fingerprint density at radius 2 is 1.85 bits per heavy atom. The molecule has 0 fully saturated rings. The number of aliphatic hydroxyl groups excluding tert-OH is 1. The number of rotatable bonds is 2. The van der Waals surface area contributed by atoms with Crippen LogP contribution in [0.5, 0.6) is 0 Å². The zero-order valence-electron chi connectivity index (χ0n) is 10.5. The first kappa shape index (κ1) is 13.9. The van der Waals surface area contributed by atoms with Gasteiger partial charge in [-0.2, -0.15) is 5.26 Å². The third-order valence-corrected chi connectivity index (χ3v) is 2.98. The van der Waals surface area contributed by atoms with Crippen molar-refractivity contribution >= 4 is 0 Å². The van der Waals surface area contributed by atoms with E-state index in [1.165, 1.54) is 13.1 Å². The van der Waals surface area contributed by atoms with Crippen molar-refractivity contribution in [2.75, 3.05) is 0 Å². The van der Waals surface area contributed by atoms with Crippen LogP contribution in [-0.4, -0.2) is 9.67 Å². The van der Waals surface area contributed by atoms with E-state index in [0.29, 0.717) is 0 Å². The Kier molecular flexibility index (Phi) is 3.63. The first-order chi connectivity index (χ1) is 9.47. The summed E-state index contributed by atoms with van der Waals surface area (Å²) in [4.78, 5) is 11.8. The maximum Gasteiger partial charge on any atom is 0.268 e. The zero-order chi connectivity index (χ0) is 14.9. The molecule has 2 aromatic rings. The van der Waals surface area contributed by atoms with Gasteiger partial charge in [-0.25, -0.2) is 8.78 Å². The normalized spacial score (nSPS) is 10.3. The van der Waals surface area contributed by atoms with Gasteiger partial charge in [0.2, 0.25) is 0 Å². The number of hydrogen-bond acceptors (Lipinski definition) is 3. The van der Waals surface area contributed by atoms with Crippen molar-refractivity contribution in [3.63, 3.8) is 0 Å². The minimum absolute atomic E-state index is 0.152. The number of aliphatic hydroxyl groups is 1. The largest absolute Gasteiger partial charge is 0.390 e. The molecule has 2 rings (SSSR count). The average molecular weight is 276 g/mol. The number of hydrogen-bond donors (Lipinski definition) is 1. The van der Waals surface area contributed by atoms with E-state index in [1.807, 2.05) is 0 Å². The Hall–Kier alpha value is -2.52. The zero-order valence-corrected chi connectivity index (χ0v) is 10.5. The average Bonchev–Trinajstić information content (AvgIpc) is 2.40. The van der Waals surface area contributed by atoms with Gasteiger partial charge in [-0.15, -0.1) is 0 Å². The third-order valence-electron chi connectivity index (χ3n) is 2.98. The van der Waals surface area contributed by atoms with E-state index in [9.17, 15) is 18.7 Å². The van der Waals surface area contributed by atoms with Gasteiger partial charge >= 0.3 is 0 Å². The highest BCUT2D eigenvalue weighted by Gasteiger charge is 2.14. The summed E-state index contributed by atoms with van der Waals surface area (Å²) >= 11 is 0. The van der Waals surface area contributed by atoms with Gasteiger partial charge in [0.25, 0.3) is 5.56 Å². The summed E-state index contributed by atoms with van der Waals surface area (Å²) in [6.45, 7) is -0.495. The second kappa shape index (κ2) is 5.23. The molecule has 0 spiro atoms. The van der Waals surface area contributed by atoms with Gasteiger partial charge in [0.05, 0.1) is 12.3 Å². The van der Waals surface area contributed by atoms with Gasteiger partial charge in [0.15, 0.2) is 0 Å². The molecular weight excluding hydrogens is 266 g/mol. The van der Waals surface area contributed by atoms with E-state index in [2.05, 4.69) is 0 Å². The second-order valence-electron chi connectivity index (χ2n) is 4.21. The van der Waals surface area contributed by atoms with Crippen LogP contribution < -0.4 is 5.56 Å². The fraction of sp³-hybridized carbons (Fsp3) is 0.143. The van der Waals surface area contributed by atoms with Gasteiger partial charge < -0.3 is 9.67 Å². The van der Waals surface area contributed by atoms with Crippen LogP contribution in [0.3, 0.4) is 0 Å². The first-order valence-electron chi connectivity index (χ1n) is 5.68. The number of benzene rings is 1. The molecule has 1 heterocycles. The van der Waals surface area contributed by atoms with Crippen LogP contribution >= 0.6 is 0 Å². The highest BCUT2D eigenvalue weighted by Crippen LogP contribution is 2.25. The molecule has 6 heteroatoms. The topological polar surface area (TPSA) is 66.0 Å². The Morgan fingerprint density at radius 1 is 1.25 bits per heavy atom. The molecule has 0 atom stereocenters. The Bertz CT molecular complexity index is 756. The van der Waals surface area contributed by atoms with E-state index < -0.39 is 23.8 Å². The SMILES string of the molecule is Cn1c(CO)c(-c2cc(F)cc(F)c2)cc(C#N)c1=O. The van der Waals surface area contributed by atoms with Gasteiger partial charge in [-0.1, -0.05) is 0 Å². The van der Waals surface area contributed by atoms with Crippen molar-refractivity contribution in [2.24, 2.45) is 7.05 Å². The molecule has 0 unspecified atom stereocenters. The first-order valence-corrected chi connectivity index (χ1v) is 5.68. The lowest BCUT2D eigenvalue weighted by Gasteiger charge is -2.13. The van der Waals surface area contributed by atoms with E-state index >= 15 is 0 Å². The minimum Gasteiger partial charge on any atom is -0.390 e. The minimum atomic E-state index is -0.781. The van der Waals surface area contributed by atoms with Crippen LogP contribution in [0.1, 0.15) is 11.3 Å². The van der Waals surface area contributed by atoms with Gasteiger partial charge in [-0.05, 0) is 23.8 Å². The van der Waals surface area contributed by atoms with Crippen molar-refractivity contribution in [1.82, 2.24) is 4.57 Å². The molecule has 4 nitrogen and oxygen atoms in total. The number of aromatic nitrogens is 1. The maximum atomic E-state index is 13.3. The molecule has 1 aromatic carbocycles. The lowest BCUT2D eigenvalue weighted by molar-refractivity contribution is 0.271.